The fourth-order valence-corrected chi connectivity index (χ4v) is 2.24. The van der Waals surface area contributed by atoms with E-state index < -0.39 is 0 Å². The van der Waals surface area contributed by atoms with Gasteiger partial charge in [0.1, 0.15) is 5.82 Å². The van der Waals surface area contributed by atoms with Crippen LogP contribution in [0.5, 0.6) is 0 Å². The number of nitrogens with one attached hydrogen (secondary N) is 2. The monoisotopic (exact) mass is 305 g/mol. The lowest BCUT2D eigenvalue weighted by Gasteiger charge is -2.14. The Kier molecular flexibility index (Phi) is 4.79. The summed E-state index contributed by atoms with van der Waals surface area (Å²) in [7, 11) is 0. The molecule has 0 aliphatic heterocycles. The van der Waals surface area contributed by atoms with E-state index in [0.717, 1.165) is 11.4 Å². The van der Waals surface area contributed by atoms with Crippen LogP contribution in [0, 0.1) is 0 Å². The minimum atomic E-state index is 0.143. The molecule has 0 aliphatic carbocycles. The molecule has 0 fully saturated rings. The Balaban J connectivity index is 1.63. The lowest BCUT2D eigenvalue weighted by molar-refractivity contribution is 0.860. The molecule has 5 heteroatoms. The van der Waals surface area contributed by atoms with Gasteiger partial charge < -0.3 is 10.6 Å². The van der Waals surface area contributed by atoms with Gasteiger partial charge in [0.15, 0.2) is 0 Å². The highest BCUT2D eigenvalue weighted by atomic mass is 15.1. The lowest BCUT2D eigenvalue weighted by atomic mass is 10.1. The van der Waals surface area contributed by atoms with Crippen molar-refractivity contribution in [2.75, 3.05) is 10.6 Å². The molecule has 1 atom stereocenters. The summed E-state index contributed by atoms with van der Waals surface area (Å²) >= 11 is 0. The van der Waals surface area contributed by atoms with Crippen molar-refractivity contribution >= 4 is 11.8 Å². The van der Waals surface area contributed by atoms with Crippen molar-refractivity contribution in [1.29, 1.82) is 0 Å². The van der Waals surface area contributed by atoms with E-state index in [4.69, 9.17) is 0 Å². The molecule has 2 heterocycles. The quantitative estimate of drug-likeness (QED) is 0.727. The van der Waals surface area contributed by atoms with Gasteiger partial charge in [-0.1, -0.05) is 36.4 Å². The number of hydrogen-bond acceptors (Lipinski definition) is 5. The molecular formula is C18H19N5. The van der Waals surface area contributed by atoms with Gasteiger partial charge in [0, 0.05) is 25.1 Å². The number of pyridine rings is 1. The zero-order chi connectivity index (χ0) is 15.9. The molecule has 3 rings (SSSR count). The number of anilines is 2. The van der Waals surface area contributed by atoms with Gasteiger partial charge in [0.25, 0.3) is 0 Å². The van der Waals surface area contributed by atoms with E-state index in [2.05, 4.69) is 44.6 Å². The van der Waals surface area contributed by atoms with E-state index in [0.29, 0.717) is 12.5 Å². The van der Waals surface area contributed by atoms with Gasteiger partial charge in [0.05, 0.1) is 6.04 Å². The molecule has 5 nitrogen and oxygen atoms in total. The lowest BCUT2D eigenvalue weighted by Crippen LogP contribution is -2.10. The third-order valence-corrected chi connectivity index (χ3v) is 3.50. The zero-order valence-electron chi connectivity index (χ0n) is 13.0. The number of nitrogens with zero attached hydrogens (tertiary/aromatic N) is 3. The maximum Gasteiger partial charge on any atom is 0.225 e. The maximum atomic E-state index is 4.50. The molecule has 0 aliphatic rings. The summed E-state index contributed by atoms with van der Waals surface area (Å²) in [6, 6.07) is 16.2. The summed E-state index contributed by atoms with van der Waals surface area (Å²) in [5, 5.41) is 6.61. The third-order valence-electron chi connectivity index (χ3n) is 3.50. The zero-order valence-corrected chi connectivity index (χ0v) is 13.0. The Morgan fingerprint density at radius 3 is 2.65 bits per heavy atom. The number of aromatic nitrogens is 3. The molecular weight excluding hydrogens is 286 g/mol. The molecule has 0 radical (unpaired) electrons. The van der Waals surface area contributed by atoms with Gasteiger partial charge >= 0.3 is 0 Å². The first-order chi connectivity index (χ1) is 11.3. The second-order valence-electron chi connectivity index (χ2n) is 5.26. The first kappa shape index (κ1) is 15.0. The third kappa shape index (κ3) is 4.26. The highest BCUT2D eigenvalue weighted by Crippen LogP contribution is 2.17. The Labute approximate surface area is 135 Å². The van der Waals surface area contributed by atoms with Crippen LogP contribution in [0.2, 0.25) is 0 Å². The van der Waals surface area contributed by atoms with Crippen LogP contribution in [0.1, 0.15) is 24.1 Å². The largest absolute Gasteiger partial charge is 0.366 e. The van der Waals surface area contributed by atoms with Crippen LogP contribution < -0.4 is 10.6 Å². The number of benzene rings is 1. The molecule has 1 aromatic carbocycles. The number of hydrogen-bond donors (Lipinski definition) is 2. The van der Waals surface area contributed by atoms with Crippen molar-refractivity contribution in [1.82, 2.24) is 15.0 Å². The summed E-state index contributed by atoms with van der Waals surface area (Å²) in [5.74, 6) is 1.39. The van der Waals surface area contributed by atoms with Crippen LogP contribution in [-0.2, 0) is 6.54 Å². The Morgan fingerprint density at radius 1 is 1.00 bits per heavy atom. The molecule has 0 saturated carbocycles. The van der Waals surface area contributed by atoms with Crippen LogP contribution in [0.25, 0.3) is 0 Å². The molecule has 116 valence electrons. The Hall–Kier alpha value is -2.95. The number of rotatable bonds is 6. The van der Waals surface area contributed by atoms with Gasteiger partial charge in [-0.2, -0.15) is 4.98 Å². The fourth-order valence-electron chi connectivity index (χ4n) is 2.24. The molecule has 0 amide bonds. The normalized spacial score (nSPS) is 11.7. The van der Waals surface area contributed by atoms with Crippen molar-refractivity contribution in [3.63, 3.8) is 0 Å². The van der Waals surface area contributed by atoms with E-state index in [1.807, 2.05) is 42.6 Å². The summed E-state index contributed by atoms with van der Waals surface area (Å²) in [6.45, 7) is 2.77. The topological polar surface area (TPSA) is 62.7 Å². The van der Waals surface area contributed by atoms with E-state index in [1.165, 1.54) is 5.56 Å². The second-order valence-corrected chi connectivity index (χ2v) is 5.26. The van der Waals surface area contributed by atoms with Crippen molar-refractivity contribution < 1.29 is 0 Å². The van der Waals surface area contributed by atoms with E-state index in [9.17, 15) is 0 Å². The minimum Gasteiger partial charge on any atom is -0.366 e. The minimum absolute atomic E-state index is 0.143. The van der Waals surface area contributed by atoms with Crippen LogP contribution in [0.4, 0.5) is 11.8 Å². The molecule has 3 aromatic rings. The van der Waals surface area contributed by atoms with Crippen molar-refractivity contribution in [2.24, 2.45) is 0 Å². The smallest absolute Gasteiger partial charge is 0.225 e. The molecule has 23 heavy (non-hydrogen) atoms. The first-order valence-corrected chi connectivity index (χ1v) is 7.58. The second kappa shape index (κ2) is 7.35. The fraction of sp³-hybridized carbons (Fsp3) is 0.167. The standard InChI is InChI=1S/C18H19N5/c1-14(16-7-3-2-4-8-16)22-18-20-11-9-17(23-18)21-13-15-6-5-10-19-12-15/h2-12,14H,13H2,1H3,(H2,20,21,22,23). The van der Waals surface area contributed by atoms with E-state index in [1.54, 1.807) is 12.4 Å². The van der Waals surface area contributed by atoms with E-state index in [-0.39, 0.29) is 6.04 Å². The molecule has 0 bridgehead atoms. The van der Waals surface area contributed by atoms with Crippen LogP contribution in [0.15, 0.2) is 67.1 Å². The summed E-state index contributed by atoms with van der Waals surface area (Å²) < 4.78 is 0. The molecule has 0 spiro atoms. The van der Waals surface area contributed by atoms with Crippen LogP contribution in [-0.4, -0.2) is 15.0 Å². The molecule has 1 unspecified atom stereocenters. The maximum absolute atomic E-state index is 4.50. The van der Waals surface area contributed by atoms with Gasteiger partial charge in [-0.3, -0.25) is 4.98 Å². The Bertz CT molecular complexity index is 731. The average Bonchev–Trinajstić information content (AvgIpc) is 2.62. The summed E-state index contributed by atoms with van der Waals surface area (Å²) in [4.78, 5) is 12.9. The van der Waals surface area contributed by atoms with Crippen molar-refractivity contribution in [3.8, 4) is 0 Å². The SMILES string of the molecule is CC(Nc1nccc(NCc2cccnc2)n1)c1ccccc1. The predicted octanol–water partition coefficient (Wildman–Crippen LogP) is 3.66. The van der Waals surface area contributed by atoms with Gasteiger partial charge in [-0.05, 0) is 30.2 Å². The van der Waals surface area contributed by atoms with Crippen LogP contribution in [0.3, 0.4) is 0 Å². The van der Waals surface area contributed by atoms with Crippen molar-refractivity contribution in [2.45, 2.75) is 19.5 Å². The van der Waals surface area contributed by atoms with Gasteiger partial charge in [-0.15, -0.1) is 0 Å². The summed E-state index contributed by atoms with van der Waals surface area (Å²) in [6.07, 6.45) is 5.35. The molecule has 2 aromatic heterocycles. The van der Waals surface area contributed by atoms with Crippen LogP contribution >= 0.6 is 0 Å². The van der Waals surface area contributed by atoms with Crippen molar-refractivity contribution in [3.05, 3.63) is 78.2 Å². The van der Waals surface area contributed by atoms with E-state index >= 15 is 0 Å². The molecule has 0 saturated heterocycles. The highest BCUT2D eigenvalue weighted by Gasteiger charge is 2.06. The first-order valence-electron chi connectivity index (χ1n) is 7.58. The average molecular weight is 305 g/mol. The highest BCUT2D eigenvalue weighted by molar-refractivity contribution is 5.41. The Morgan fingerprint density at radius 2 is 1.87 bits per heavy atom. The predicted molar refractivity (Wildman–Crippen MR) is 92.1 cm³/mol. The summed E-state index contributed by atoms with van der Waals surface area (Å²) in [5.41, 5.74) is 2.31. The molecule has 2 N–H and O–H groups in total. The van der Waals surface area contributed by atoms with Gasteiger partial charge in [-0.25, -0.2) is 4.98 Å². The van der Waals surface area contributed by atoms with Gasteiger partial charge in [0.2, 0.25) is 5.95 Å².